The normalized spacial score (nSPS) is 10.3. The molecular weight excluding hydrogens is 369 g/mol. The number of carbonyl (C=O) groups excluding carboxylic acids is 1. The summed E-state index contributed by atoms with van der Waals surface area (Å²) in [5.74, 6) is 1.78. The van der Waals surface area contributed by atoms with E-state index in [0.717, 1.165) is 5.56 Å². The molecule has 1 N–H and O–H groups in total. The van der Waals surface area contributed by atoms with Crippen LogP contribution in [0.15, 0.2) is 36.4 Å². The maximum absolute atomic E-state index is 12.1. The molecule has 2 aromatic carbocycles. The maximum atomic E-state index is 12.1. The summed E-state index contributed by atoms with van der Waals surface area (Å²) in [4.78, 5) is 12.1. The quantitative estimate of drug-likeness (QED) is 0.737. The average molecular weight is 386 g/mol. The summed E-state index contributed by atoms with van der Waals surface area (Å²) < 4.78 is 10.4. The number of nitrogens with one attached hydrogen (secondary N) is 1. The van der Waals surface area contributed by atoms with Gasteiger partial charge in [-0.2, -0.15) is 0 Å². The number of hydrogen-bond donors (Lipinski definition) is 1. The van der Waals surface area contributed by atoms with Crippen molar-refractivity contribution >= 4 is 46.6 Å². The molecule has 4 nitrogen and oxygen atoms in total. The molecule has 0 unspecified atom stereocenters. The SMILES string of the molecule is COc1cc(OC)c(NC(=O)CSCc2ccccc2Cl)cc1Cl. The Morgan fingerprint density at radius 1 is 1.08 bits per heavy atom. The van der Waals surface area contributed by atoms with Gasteiger partial charge in [-0.15, -0.1) is 11.8 Å². The topological polar surface area (TPSA) is 47.6 Å². The molecule has 24 heavy (non-hydrogen) atoms. The van der Waals surface area contributed by atoms with Crippen molar-refractivity contribution < 1.29 is 14.3 Å². The van der Waals surface area contributed by atoms with Gasteiger partial charge in [-0.3, -0.25) is 4.79 Å². The van der Waals surface area contributed by atoms with Crippen molar-refractivity contribution in [2.75, 3.05) is 25.3 Å². The standard InChI is InChI=1S/C17H17Cl2NO3S/c1-22-15-8-16(23-2)14(7-13(15)19)20-17(21)10-24-9-11-5-3-4-6-12(11)18/h3-8H,9-10H2,1-2H3,(H,20,21). The Morgan fingerprint density at radius 3 is 2.46 bits per heavy atom. The van der Waals surface area contributed by atoms with Gasteiger partial charge in [0, 0.05) is 16.8 Å². The molecule has 0 spiro atoms. The van der Waals surface area contributed by atoms with Gasteiger partial charge in [0.25, 0.3) is 0 Å². The number of ether oxygens (including phenoxy) is 2. The third-order valence-corrected chi connectivity index (χ3v) is 4.84. The van der Waals surface area contributed by atoms with Crippen LogP contribution >= 0.6 is 35.0 Å². The van der Waals surface area contributed by atoms with Gasteiger partial charge >= 0.3 is 0 Å². The predicted octanol–water partition coefficient (Wildman–Crippen LogP) is 4.88. The molecule has 0 radical (unpaired) electrons. The van der Waals surface area contributed by atoms with Gasteiger partial charge in [-0.25, -0.2) is 0 Å². The van der Waals surface area contributed by atoms with E-state index in [1.54, 1.807) is 12.1 Å². The highest BCUT2D eigenvalue weighted by Crippen LogP contribution is 2.36. The van der Waals surface area contributed by atoms with E-state index in [4.69, 9.17) is 32.7 Å². The van der Waals surface area contributed by atoms with E-state index in [1.807, 2.05) is 24.3 Å². The van der Waals surface area contributed by atoms with E-state index in [-0.39, 0.29) is 11.7 Å². The van der Waals surface area contributed by atoms with Crippen LogP contribution in [-0.2, 0) is 10.5 Å². The van der Waals surface area contributed by atoms with Crippen molar-refractivity contribution in [2.45, 2.75) is 5.75 Å². The molecular formula is C17H17Cl2NO3S. The zero-order chi connectivity index (χ0) is 17.5. The number of hydrogen-bond acceptors (Lipinski definition) is 4. The van der Waals surface area contributed by atoms with Crippen LogP contribution in [0.5, 0.6) is 11.5 Å². The molecule has 2 rings (SSSR count). The second-order valence-corrected chi connectivity index (χ2v) is 6.62. The third-order valence-electron chi connectivity index (χ3n) is 3.20. The molecule has 1 amide bonds. The first-order valence-corrected chi connectivity index (χ1v) is 8.98. The first-order valence-electron chi connectivity index (χ1n) is 7.07. The minimum atomic E-state index is -0.147. The lowest BCUT2D eigenvalue weighted by molar-refractivity contribution is -0.113. The molecule has 0 aliphatic carbocycles. The van der Waals surface area contributed by atoms with E-state index in [0.29, 0.717) is 33.0 Å². The Bertz CT molecular complexity index is 725. The van der Waals surface area contributed by atoms with Crippen molar-refractivity contribution in [1.29, 1.82) is 0 Å². The number of amides is 1. The fourth-order valence-electron chi connectivity index (χ4n) is 2.01. The molecule has 0 heterocycles. The zero-order valence-corrected chi connectivity index (χ0v) is 15.6. The lowest BCUT2D eigenvalue weighted by Crippen LogP contribution is -2.15. The maximum Gasteiger partial charge on any atom is 0.234 e. The monoisotopic (exact) mass is 385 g/mol. The van der Waals surface area contributed by atoms with Crippen molar-refractivity contribution in [3.63, 3.8) is 0 Å². The van der Waals surface area contributed by atoms with Crippen LogP contribution < -0.4 is 14.8 Å². The molecule has 0 fully saturated rings. The molecule has 0 bridgehead atoms. The molecule has 7 heteroatoms. The van der Waals surface area contributed by atoms with Crippen LogP contribution in [0.1, 0.15) is 5.56 Å². The lowest BCUT2D eigenvalue weighted by atomic mass is 10.2. The number of anilines is 1. The molecule has 0 aromatic heterocycles. The number of halogens is 2. The summed E-state index contributed by atoms with van der Waals surface area (Å²) in [5.41, 5.74) is 1.51. The Balaban J connectivity index is 1.95. The van der Waals surface area contributed by atoms with E-state index in [9.17, 15) is 4.79 Å². The highest BCUT2D eigenvalue weighted by molar-refractivity contribution is 7.99. The molecule has 128 valence electrons. The third kappa shape index (κ3) is 4.97. The van der Waals surface area contributed by atoms with Crippen molar-refractivity contribution in [2.24, 2.45) is 0 Å². The summed E-state index contributed by atoms with van der Waals surface area (Å²) in [6.45, 7) is 0. The van der Waals surface area contributed by atoms with Crippen LogP contribution in [0.25, 0.3) is 0 Å². The van der Waals surface area contributed by atoms with Gasteiger partial charge in [0.15, 0.2) is 0 Å². The average Bonchev–Trinajstić information content (AvgIpc) is 2.57. The lowest BCUT2D eigenvalue weighted by Gasteiger charge is -2.13. The molecule has 0 saturated heterocycles. The van der Waals surface area contributed by atoms with Gasteiger partial charge in [0.1, 0.15) is 11.5 Å². The Hall–Kier alpha value is -1.56. The van der Waals surface area contributed by atoms with Crippen molar-refractivity contribution in [1.82, 2.24) is 0 Å². The van der Waals surface area contributed by atoms with Crippen LogP contribution in [-0.4, -0.2) is 25.9 Å². The second kappa shape index (κ2) is 9.06. The predicted molar refractivity (Wildman–Crippen MR) is 101 cm³/mol. The summed E-state index contributed by atoms with van der Waals surface area (Å²) in [7, 11) is 3.04. The van der Waals surface area contributed by atoms with Crippen LogP contribution in [0.4, 0.5) is 5.69 Å². The van der Waals surface area contributed by atoms with Gasteiger partial charge in [0.05, 0.1) is 30.7 Å². The highest BCUT2D eigenvalue weighted by atomic mass is 35.5. The minimum Gasteiger partial charge on any atom is -0.495 e. The number of rotatable bonds is 7. The van der Waals surface area contributed by atoms with E-state index >= 15 is 0 Å². The molecule has 0 saturated carbocycles. The van der Waals surface area contributed by atoms with Gasteiger partial charge < -0.3 is 14.8 Å². The highest BCUT2D eigenvalue weighted by Gasteiger charge is 2.12. The van der Waals surface area contributed by atoms with Gasteiger partial charge in [-0.05, 0) is 17.7 Å². The van der Waals surface area contributed by atoms with Crippen LogP contribution in [0.3, 0.4) is 0 Å². The van der Waals surface area contributed by atoms with E-state index < -0.39 is 0 Å². The number of thioether (sulfide) groups is 1. The largest absolute Gasteiger partial charge is 0.495 e. The molecule has 2 aromatic rings. The number of methoxy groups -OCH3 is 2. The van der Waals surface area contributed by atoms with Crippen molar-refractivity contribution in [3.8, 4) is 11.5 Å². The Labute approximate surface area is 155 Å². The summed E-state index contributed by atoms with van der Waals surface area (Å²) in [6, 6.07) is 10.8. The summed E-state index contributed by atoms with van der Waals surface area (Å²) in [6.07, 6.45) is 0. The summed E-state index contributed by atoms with van der Waals surface area (Å²) in [5, 5.41) is 3.90. The van der Waals surface area contributed by atoms with Gasteiger partial charge in [0.2, 0.25) is 5.91 Å². The molecule has 0 aliphatic heterocycles. The number of benzene rings is 2. The summed E-state index contributed by atoms with van der Waals surface area (Å²) >= 11 is 13.7. The van der Waals surface area contributed by atoms with E-state index in [2.05, 4.69) is 5.32 Å². The van der Waals surface area contributed by atoms with E-state index in [1.165, 1.54) is 26.0 Å². The Kier molecular flexibility index (Phi) is 7.09. The zero-order valence-electron chi connectivity index (χ0n) is 13.3. The first-order chi connectivity index (χ1) is 11.5. The van der Waals surface area contributed by atoms with Crippen LogP contribution in [0, 0.1) is 0 Å². The smallest absolute Gasteiger partial charge is 0.234 e. The number of carbonyl (C=O) groups is 1. The molecule has 0 aliphatic rings. The minimum absolute atomic E-state index is 0.147. The fraction of sp³-hybridized carbons (Fsp3) is 0.235. The second-order valence-electron chi connectivity index (χ2n) is 4.82. The van der Waals surface area contributed by atoms with Gasteiger partial charge in [-0.1, -0.05) is 41.4 Å². The molecule has 0 atom stereocenters. The fourth-order valence-corrected chi connectivity index (χ4v) is 3.37. The van der Waals surface area contributed by atoms with Crippen LogP contribution in [0.2, 0.25) is 10.0 Å². The first kappa shape index (κ1) is 18.8. The van der Waals surface area contributed by atoms with Crippen molar-refractivity contribution in [3.05, 3.63) is 52.0 Å². The Morgan fingerprint density at radius 2 is 1.79 bits per heavy atom.